The van der Waals surface area contributed by atoms with E-state index in [1.165, 1.54) is 4.88 Å². The monoisotopic (exact) mass is 395 g/mol. The number of allylic oxidation sites excluding steroid dienone is 1. The second-order valence-corrected chi connectivity index (χ2v) is 8.94. The number of nitriles is 1. The molecule has 4 rings (SSSR count). The predicted octanol–water partition coefficient (Wildman–Crippen LogP) is 4.68. The van der Waals surface area contributed by atoms with Crippen molar-refractivity contribution in [2.45, 2.75) is 25.8 Å². The van der Waals surface area contributed by atoms with E-state index < -0.39 is 0 Å². The second-order valence-electron chi connectivity index (χ2n) is 6.98. The molecular weight excluding hydrogens is 374 g/mol. The fourth-order valence-corrected chi connectivity index (χ4v) is 5.14. The zero-order valence-electron chi connectivity index (χ0n) is 15.3. The number of nitrogens with zero attached hydrogens (tertiary/aromatic N) is 2. The zero-order valence-corrected chi connectivity index (χ0v) is 16.9. The van der Waals surface area contributed by atoms with Crippen LogP contribution in [0.3, 0.4) is 0 Å². The minimum atomic E-state index is -0.132. The van der Waals surface area contributed by atoms with E-state index in [1.54, 1.807) is 22.7 Å². The SMILES string of the molecule is CC(C)N1CC2=C(OC(N)=C(C#N)C2c2cccs2)/C(=C/c2cccs2)C1. The number of hydrogen-bond donors (Lipinski definition) is 1. The molecule has 27 heavy (non-hydrogen) atoms. The molecule has 2 aromatic heterocycles. The van der Waals surface area contributed by atoms with E-state index >= 15 is 0 Å². The smallest absolute Gasteiger partial charge is 0.205 e. The molecule has 4 heterocycles. The number of ether oxygens (including phenoxy) is 1. The van der Waals surface area contributed by atoms with Gasteiger partial charge in [-0.1, -0.05) is 12.1 Å². The van der Waals surface area contributed by atoms with Gasteiger partial charge in [0.2, 0.25) is 5.88 Å². The molecular formula is C21H21N3OS2. The molecule has 1 atom stereocenters. The van der Waals surface area contributed by atoms with Gasteiger partial charge in [0.25, 0.3) is 0 Å². The molecule has 0 spiro atoms. The minimum Gasteiger partial charge on any atom is -0.440 e. The summed E-state index contributed by atoms with van der Waals surface area (Å²) in [5, 5.41) is 13.9. The molecule has 6 heteroatoms. The lowest BCUT2D eigenvalue weighted by atomic mass is 9.83. The molecule has 138 valence electrons. The Morgan fingerprint density at radius 2 is 2.04 bits per heavy atom. The minimum absolute atomic E-state index is 0.132. The summed E-state index contributed by atoms with van der Waals surface area (Å²) < 4.78 is 6.04. The van der Waals surface area contributed by atoms with Gasteiger partial charge < -0.3 is 10.5 Å². The fraction of sp³-hybridized carbons (Fsp3) is 0.286. The van der Waals surface area contributed by atoms with Crippen LogP contribution in [0.4, 0.5) is 0 Å². The van der Waals surface area contributed by atoms with Crippen molar-refractivity contribution in [3.05, 3.63) is 73.1 Å². The van der Waals surface area contributed by atoms with Crippen molar-refractivity contribution >= 4 is 28.7 Å². The van der Waals surface area contributed by atoms with Gasteiger partial charge in [-0.2, -0.15) is 5.26 Å². The van der Waals surface area contributed by atoms with E-state index in [4.69, 9.17) is 10.5 Å². The van der Waals surface area contributed by atoms with Crippen LogP contribution in [-0.4, -0.2) is 24.0 Å². The highest BCUT2D eigenvalue weighted by atomic mass is 32.1. The molecule has 0 aliphatic carbocycles. The van der Waals surface area contributed by atoms with Gasteiger partial charge in [-0.15, -0.1) is 22.7 Å². The van der Waals surface area contributed by atoms with E-state index in [0.717, 1.165) is 34.9 Å². The third-order valence-corrected chi connectivity index (χ3v) is 6.74. The summed E-state index contributed by atoms with van der Waals surface area (Å²) in [6.45, 7) is 5.98. The second kappa shape index (κ2) is 7.35. The van der Waals surface area contributed by atoms with Crippen LogP contribution in [0, 0.1) is 11.3 Å². The highest BCUT2D eigenvalue weighted by Crippen LogP contribution is 2.45. The predicted molar refractivity (Wildman–Crippen MR) is 111 cm³/mol. The molecule has 0 bridgehead atoms. The van der Waals surface area contributed by atoms with E-state index in [-0.39, 0.29) is 11.8 Å². The highest BCUT2D eigenvalue weighted by molar-refractivity contribution is 7.10. The van der Waals surface area contributed by atoms with Gasteiger partial charge in [0.15, 0.2) is 0 Å². The Kier molecular flexibility index (Phi) is 4.92. The van der Waals surface area contributed by atoms with E-state index in [2.05, 4.69) is 48.4 Å². The topological polar surface area (TPSA) is 62.3 Å². The number of rotatable bonds is 3. The van der Waals surface area contributed by atoms with Crippen LogP contribution in [-0.2, 0) is 4.74 Å². The first-order valence-corrected chi connectivity index (χ1v) is 10.7. The summed E-state index contributed by atoms with van der Waals surface area (Å²) in [6.07, 6.45) is 2.19. The number of hydrogen-bond acceptors (Lipinski definition) is 6. The van der Waals surface area contributed by atoms with Gasteiger partial charge in [-0.05, 0) is 42.8 Å². The molecule has 0 aromatic carbocycles. The van der Waals surface area contributed by atoms with Crippen molar-refractivity contribution in [2.75, 3.05) is 13.1 Å². The van der Waals surface area contributed by atoms with Gasteiger partial charge >= 0.3 is 0 Å². The molecule has 0 saturated carbocycles. The Balaban J connectivity index is 1.87. The zero-order chi connectivity index (χ0) is 19.0. The third kappa shape index (κ3) is 3.34. The van der Waals surface area contributed by atoms with Crippen LogP contribution >= 0.6 is 22.7 Å². The summed E-state index contributed by atoms with van der Waals surface area (Å²) >= 11 is 3.36. The van der Waals surface area contributed by atoms with Crippen LogP contribution < -0.4 is 5.73 Å². The van der Waals surface area contributed by atoms with Crippen LogP contribution in [0.2, 0.25) is 0 Å². The van der Waals surface area contributed by atoms with Gasteiger partial charge in [0.1, 0.15) is 17.4 Å². The Hall–Kier alpha value is -2.33. The van der Waals surface area contributed by atoms with E-state index in [9.17, 15) is 5.26 Å². The van der Waals surface area contributed by atoms with E-state index in [0.29, 0.717) is 11.6 Å². The van der Waals surface area contributed by atoms with Crippen LogP contribution in [0.15, 0.2) is 63.4 Å². The maximum Gasteiger partial charge on any atom is 0.205 e. The largest absolute Gasteiger partial charge is 0.440 e. The summed E-state index contributed by atoms with van der Waals surface area (Å²) in [7, 11) is 0. The van der Waals surface area contributed by atoms with Gasteiger partial charge in [-0.25, -0.2) is 0 Å². The summed E-state index contributed by atoms with van der Waals surface area (Å²) in [6, 6.07) is 10.9. The Morgan fingerprint density at radius 1 is 1.26 bits per heavy atom. The fourth-order valence-electron chi connectivity index (χ4n) is 3.59. The third-order valence-electron chi connectivity index (χ3n) is 4.98. The molecule has 0 fully saturated rings. The summed E-state index contributed by atoms with van der Waals surface area (Å²) in [5.74, 6) is 0.937. The number of thiophene rings is 2. The van der Waals surface area contributed by atoms with Crippen molar-refractivity contribution in [3.8, 4) is 6.07 Å². The Bertz CT molecular complexity index is 960. The van der Waals surface area contributed by atoms with Crippen LogP contribution in [0.5, 0.6) is 0 Å². The number of nitrogens with two attached hydrogens (primary N) is 1. The van der Waals surface area contributed by atoms with Gasteiger partial charge in [0.05, 0.1) is 5.92 Å². The Morgan fingerprint density at radius 3 is 2.67 bits per heavy atom. The maximum atomic E-state index is 9.76. The summed E-state index contributed by atoms with van der Waals surface area (Å²) in [4.78, 5) is 4.73. The normalized spacial score (nSPS) is 22.1. The molecule has 0 radical (unpaired) electrons. The lowest BCUT2D eigenvalue weighted by Gasteiger charge is -2.39. The molecule has 1 unspecified atom stereocenters. The standard InChI is InChI=1S/C21H21N3OS2/c1-13(2)24-11-14(9-15-5-3-7-26-15)20-17(12-24)19(18-6-4-8-27-18)16(10-22)21(23)25-20/h3-9,13,19H,11-12,23H2,1-2H3/b14-9+. The van der Waals surface area contributed by atoms with Crippen molar-refractivity contribution in [3.63, 3.8) is 0 Å². The average Bonchev–Trinajstić information content (AvgIpc) is 3.34. The average molecular weight is 396 g/mol. The molecule has 2 aliphatic heterocycles. The van der Waals surface area contributed by atoms with Crippen LogP contribution in [0.1, 0.15) is 29.5 Å². The first kappa shape index (κ1) is 18.1. The first-order chi connectivity index (χ1) is 13.1. The molecule has 2 aromatic rings. The maximum absolute atomic E-state index is 9.76. The van der Waals surface area contributed by atoms with Crippen LogP contribution in [0.25, 0.3) is 6.08 Å². The lowest BCUT2D eigenvalue weighted by Crippen LogP contribution is -2.41. The summed E-state index contributed by atoms with van der Waals surface area (Å²) in [5.41, 5.74) is 8.95. The molecule has 0 saturated heterocycles. The van der Waals surface area contributed by atoms with E-state index in [1.807, 2.05) is 17.5 Å². The Labute approximate surface area is 167 Å². The highest BCUT2D eigenvalue weighted by Gasteiger charge is 2.38. The van der Waals surface area contributed by atoms with Gasteiger partial charge in [-0.3, -0.25) is 4.90 Å². The van der Waals surface area contributed by atoms with Crippen molar-refractivity contribution in [1.29, 1.82) is 5.26 Å². The van der Waals surface area contributed by atoms with Gasteiger partial charge in [0, 0.05) is 40.0 Å². The van der Waals surface area contributed by atoms with Crippen molar-refractivity contribution in [2.24, 2.45) is 5.73 Å². The first-order valence-electron chi connectivity index (χ1n) is 8.91. The quantitative estimate of drug-likeness (QED) is 0.820. The molecule has 4 nitrogen and oxygen atoms in total. The molecule has 0 amide bonds. The molecule has 2 N–H and O–H groups in total. The lowest BCUT2D eigenvalue weighted by molar-refractivity contribution is 0.208. The van der Waals surface area contributed by atoms with Crippen molar-refractivity contribution in [1.82, 2.24) is 4.90 Å². The van der Waals surface area contributed by atoms with Crippen molar-refractivity contribution < 1.29 is 4.74 Å². The molecule has 2 aliphatic rings.